The van der Waals surface area contributed by atoms with E-state index in [2.05, 4.69) is 70.3 Å². The van der Waals surface area contributed by atoms with E-state index < -0.39 is 11.4 Å². The fourth-order valence-electron chi connectivity index (χ4n) is 8.58. The number of amides is 1. The highest BCUT2D eigenvalue weighted by molar-refractivity contribution is 5.89. The topological polar surface area (TPSA) is 66.4 Å². The minimum atomic E-state index is -0.826. The van der Waals surface area contributed by atoms with Gasteiger partial charge in [0, 0.05) is 11.5 Å². The Bertz CT molecular complexity index is 1000. The smallest absolute Gasteiger partial charge is 0.314 e. The van der Waals surface area contributed by atoms with Crippen LogP contribution in [0.1, 0.15) is 84.3 Å². The van der Waals surface area contributed by atoms with Crippen molar-refractivity contribution in [2.75, 3.05) is 0 Å². The van der Waals surface area contributed by atoms with Gasteiger partial charge in [-0.05, 0) is 84.3 Å². The monoisotopic (exact) mass is 449 g/mol. The van der Waals surface area contributed by atoms with E-state index >= 15 is 0 Å². The summed E-state index contributed by atoms with van der Waals surface area (Å²) in [5.41, 5.74) is 1.16. The van der Waals surface area contributed by atoms with Crippen LogP contribution in [0.5, 0.6) is 0 Å². The maximum Gasteiger partial charge on any atom is 0.314 e. The van der Waals surface area contributed by atoms with Gasteiger partial charge in [0.25, 0.3) is 0 Å². The van der Waals surface area contributed by atoms with Gasteiger partial charge in [-0.3, -0.25) is 9.59 Å². The van der Waals surface area contributed by atoms with Gasteiger partial charge in [0.2, 0.25) is 5.91 Å². The Kier molecular flexibility index (Phi) is 4.95. The lowest BCUT2D eigenvalue weighted by Crippen LogP contribution is -2.61. The van der Waals surface area contributed by atoms with E-state index in [0.29, 0.717) is 24.2 Å². The first-order valence-electron chi connectivity index (χ1n) is 12.8. The van der Waals surface area contributed by atoms with E-state index in [1.807, 2.05) is 0 Å². The molecule has 4 aliphatic rings. The average molecular weight is 450 g/mol. The summed E-state index contributed by atoms with van der Waals surface area (Å²) in [7, 11) is 0. The Hall–Kier alpha value is -2.10. The van der Waals surface area contributed by atoms with E-state index in [-0.39, 0.29) is 28.2 Å². The zero-order valence-corrected chi connectivity index (χ0v) is 20.8. The van der Waals surface area contributed by atoms with Crippen LogP contribution < -0.4 is 5.32 Å². The van der Waals surface area contributed by atoms with Gasteiger partial charge >= 0.3 is 5.97 Å². The van der Waals surface area contributed by atoms with Crippen LogP contribution in [0.25, 0.3) is 0 Å². The summed E-state index contributed by atoms with van der Waals surface area (Å²) in [5.74, 6) is 0.789. The molecule has 1 aliphatic heterocycles. The molecule has 3 fully saturated rings. The van der Waals surface area contributed by atoms with Gasteiger partial charge in [-0.15, -0.1) is 0 Å². The molecule has 5 rings (SSSR count). The molecule has 1 amide bonds. The molecule has 1 heterocycles. The molecule has 0 bridgehead atoms. The van der Waals surface area contributed by atoms with Crippen molar-refractivity contribution in [2.45, 2.75) is 90.0 Å². The minimum absolute atomic E-state index is 0.0268. The zero-order chi connectivity index (χ0) is 23.8. The molecule has 3 aliphatic carbocycles. The minimum Gasteiger partial charge on any atom is -0.481 e. The molecule has 2 N–H and O–H groups in total. The van der Waals surface area contributed by atoms with Crippen molar-refractivity contribution in [1.29, 1.82) is 0 Å². The van der Waals surface area contributed by atoms with Crippen LogP contribution >= 0.6 is 0 Å². The molecule has 4 nitrogen and oxygen atoms in total. The first-order chi connectivity index (χ1) is 15.4. The number of fused-ring (bicyclic) bond motifs is 5. The third-order valence-electron chi connectivity index (χ3n) is 10.5. The van der Waals surface area contributed by atoms with Crippen molar-refractivity contribution in [2.24, 2.45) is 28.6 Å². The fourth-order valence-corrected chi connectivity index (χ4v) is 8.58. The summed E-state index contributed by atoms with van der Waals surface area (Å²) in [6.07, 6.45) is 9.60. The third-order valence-corrected chi connectivity index (χ3v) is 10.5. The number of hydrogen-bond acceptors (Lipinski definition) is 2. The quantitative estimate of drug-likeness (QED) is 0.617. The Morgan fingerprint density at radius 3 is 2.30 bits per heavy atom. The predicted molar refractivity (Wildman–Crippen MR) is 130 cm³/mol. The van der Waals surface area contributed by atoms with E-state index in [4.69, 9.17) is 0 Å². The lowest BCUT2D eigenvalue weighted by molar-refractivity contribution is -0.154. The molecule has 2 unspecified atom stereocenters. The summed E-state index contributed by atoms with van der Waals surface area (Å²) in [6, 6.07) is 8.70. The second kappa shape index (κ2) is 7.20. The third kappa shape index (κ3) is 3.01. The molecular weight excluding hydrogens is 410 g/mol. The van der Waals surface area contributed by atoms with E-state index in [1.165, 1.54) is 5.56 Å². The van der Waals surface area contributed by atoms with Crippen molar-refractivity contribution in [3.8, 4) is 0 Å². The normalized spacial score (nSPS) is 42.2. The van der Waals surface area contributed by atoms with Crippen LogP contribution in [-0.4, -0.2) is 23.0 Å². The van der Waals surface area contributed by atoms with Crippen LogP contribution in [0.4, 0.5) is 0 Å². The number of aliphatic carboxylic acids is 1. The summed E-state index contributed by atoms with van der Waals surface area (Å²) in [6.45, 7) is 11.2. The van der Waals surface area contributed by atoms with E-state index in [0.717, 1.165) is 37.7 Å². The van der Waals surface area contributed by atoms with Gasteiger partial charge in [-0.2, -0.15) is 0 Å². The molecular formula is C29H39NO3. The van der Waals surface area contributed by atoms with Gasteiger partial charge in [0.15, 0.2) is 0 Å². The summed E-state index contributed by atoms with van der Waals surface area (Å²) in [4.78, 5) is 25.1. The van der Waals surface area contributed by atoms with Crippen molar-refractivity contribution in [3.63, 3.8) is 0 Å². The van der Waals surface area contributed by atoms with E-state index in [1.54, 1.807) is 6.08 Å². The second-order valence-electron chi connectivity index (χ2n) is 12.7. The molecule has 0 radical (unpaired) electrons. The highest BCUT2D eigenvalue weighted by Gasteiger charge is 2.67. The SMILES string of the molecule is CC(C)(C)c1ccc(C2(C(=O)O)CC[C@H]3[C@@H]4CCC5NC(=O)C=C[C@]5(C)[C@@H]4CC[C@@]32C)cc1. The summed E-state index contributed by atoms with van der Waals surface area (Å²) < 4.78 is 0. The Balaban J connectivity index is 1.53. The number of carbonyl (C=O) groups is 2. The first kappa shape index (κ1) is 22.7. The number of rotatable bonds is 2. The number of carboxylic acids is 1. The number of benzene rings is 1. The maximum atomic E-state index is 13.1. The molecule has 0 saturated heterocycles. The first-order valence-corrected chi connectivity index (χ1v) is 12.8. The van der Waals surface area contributed by atoms with Crippen LogP contribution in [0.3, 0.4) is 0 Å². The number of carboxylic acid groups (broad SMARTS) is 1. The predicted octanol–water partition coefficient (Wildman–Crippen LogP) is 5.60. The van der Waals surface area contributed by atoms with Gasteiger partial charge in [0.1, 0.15) is 0 Å². The fraction of sp³-hybridized carbons (Fsp3) is 0.655. The van der Waals surface area contributed by atoms with Crippen molar-refractivity contribution in [1.82, 2.24) is 5.32 Å². The van der Waals surface area contributed by atoms with Crippen LogP contribution in [0.2, 0.25) is 0 Å². The van der Waals surface area contributed by atoms with Crippen LogP contribution in [0.15, 0.2) is 36.4 Å². The molecule has 7 atom stereocenters. The molecule has 1 aromatic carbocycles. The highest BCUT2D eigenvalue weighted by Crippen LogP contribution is 2.69. The summed E-state index contributed by atoms with van der Waals surface area (Å²) >= 11 is 0. The number of nitrogens with one attached hydrogen (secondary N) is 1. The largest absolute Gasteiger partial charge is 0.481 e. The van der Waals surface area contributed by atoms with E-state index in [9.17, 15) is 14.7 Å². The van der Waals surface area contributed by atoms with Crippen molar-refractivity contribution >= 4 is 11.9 Å². The average Bonchev–Trinajstić information content (AvgIpc) is 3.08. The van der Waals surface area contributed by atoms with Crippen LogP contribution in [-0.2, 0) is 20.4 Å². The zero-order valence-electron chi connectivity index (χ0n) is 20.8. The van der Waals surface area contributed by atoms with Gasteiger partial charge in [-0.1, -0.05) is 65.0 Å². The van der Waals surface area contributed by atoms with Crippen LogP contribution in [0, 0.1) is 28.6 Å². The van der Waals surface area contributed by atoms with Crippen molar-refractivity contribution < 1.29 is 14.7 Å². The molecule has 1 aromatic rings. The molecule has 0 spiro atoms. The van der Waals surface area contributed by atoms with Crippen molar-refractivity contribution in [3.05, 3.63) is 47.5 Å². The molecule has 4 heteroatoms. The highest BCUT2D eigenvalue weighted by atomic mass is 16.4. The van der Waals surface area contributed by atoms with Gasteiger partial charge in [-0.25, -0.2) is 0 Å². The lowest BCUT2D eigenvalue weighted by Gasteiger charge is -2.60. The molecule has 3 saturated carbocycles. The molecule has 0 aromatic heterocycles. The standard InChI is InChI=1S/C29H39NO3/c1-26(2,3)18-6-8-19(9-7-18)29(25(32)33)17-13-22-20-10-11-23-27(4,15-14-24(31)30-23)21(20)12-16-28(22,29)5/h6-9,14-15,20-23H,10-13,16-17H2,1-5H3,(H,30,31)(H,32,33)/t20-,21-,22+,23?,27-,28+,29?/m1/s1. The molecule has 178 valence electrons. The maximum absolute atomic E-state index is 13.1. The number of carbonyl (C=O) groups excluding carboxylic acids is 1. The second-order valence-corrected chi connectivity index (χ2v) is 12.7. The molecule has 33 heavy (non-hydrogen) atoms. The lowest BCUT2D eigenvalue weighted by atomic mass is 9.45. The van der Waals surface area contributed by atoms with Gasteiger partial charge < -0.3 is 10.4 Å². The Morgan fingerprint density at radius 1 is 1.00 bits per heavy atom. The Morgan fingerprint density at radius 2 is 1.67 bits per heavy atom. The van der Waals surface area contributed by atoms with Gasteiger partial charge in [0.05, 0.1) is 5.41 Å². The Labute approximate surface area is 198 Å². The summed E-state index contributed by atoms with van der Waals surface area (Å²) in [5, 5.41) is 14.0. The number of hydrogen-bond donors (Lipinski definition) is 2.